The van der Waals surface area contributed by atoms with E-state index in [0.717, 1.165) is 25.3 Å². The van der Waals surface area contributed by atoms with Gasteiger partial charge in [0.25, 0.3) is 0 Å². The standard InChI is InChI=1S/C15H22FNO2/c1-19-11-10-17(14-6-7-14)9-8-15(18)12-2-4-13(16)5-3-12/h2-5,14-15,18H,6-11H2,1H3. The zero-order valence-electron chi connectivity index (χ0n) is 11.4. The number of ether oxygens (including phenoxy) is 1. The number of nitrogens with zero attached hydrogens (tertiary/aromatic N) is 1. The van der Waals surface area contributed by atoms with Gasteiger partial charge in [0.1, 0.15) is 5.82 Å². The van der Waals surface area contributed by atoms with E-state index in [2.05, 4.69) is 4.90 Å². The van der Waals surface area contributed by atoms with Crippen molar-refractivity contribution in [3.8, 4) is 0 Å². The molecule has 0 aromatic heterocycles. The molecule has 0 heterocycles. The van der Waals surface area contributed by atoms with Crippen molar-refractivity contribution in [1.82, 2.24) is 4.90 Å². The minimum absolute atomic E-state index is 0.268. The van der Waals surface area contributed by atoms with E-state index in [1.54, 1.807) is 19.2 Å². The summed E-state index contributed by atoms with van der Waals surface area (Å²) in [6.45, 7) is 2.49. The predicted octanol–water partition coefficient (Wildman–Crippen LogP) is 2.36. The van der Waals surface area contributed by atoms with Crippen LogP contribution in [0.1, 0.15) is 30.9 Å². The molecule has 1 N–H and O–H groups in total. The van der Waals surface area contributed by atoms with Crippen LogP contribution in [0.15, 0.2) is 24.3 Å². The van der Waals surface area contributed by atoms with Gasteiger partial charge in [-0.15, -0.1) is 0 Å². The molecule has 1 aliphatic carbocycles. The molecule has 1 fully saturated rings. The van der Waals surface area contributed by atoms with Crippen LogP contribution in [-0.2, 0) is 4.74 Å². The van der Waals surface area contributed by atoms with Gasteiger partial charge in [0, 0.05) is 26.2 Å². The monoisotopic (exact) mass is 267 g/mol. The first-order chi connectivity index (χ1) is 9.20. The van der Waals surface area contributed by atoms with Gasteiger partial charge in [0.15, 0.2) is 0 Å². The Morgan fingerprint density at radius 2 is 2.00 bits per heavy atom. The molecule has 0 spiro atoms. The molecule has 4 heteroatoms. The number of halogens is 1. The number of aliphatic hydroxyl groups excluding tert-OH is 1. The highest BCUT2D eigenvalue weighted by Gasteiger charge is 2.28. The van der Waals surface area contributed by atoms with Crippen molar-refractivity contribution in [2.24, 2.45) is 0 Å². The van der Waals surface area contributed by atoms with Crippen molar-refractivity contribution in [2.45, 2.75) is 31.4 Å². The van der Waals surface area contributed by atoms with Gasteiger partial charge in [-0.1, -0.05) is 12.1 Å². The molecule has 0 aliphatic heterocycles. The van der Waals surface area contributed by atoms with Crippen LogP contribution in [-0.4, -0.2) is 42.9 Å². The van der Waals surface area contributed by atoms with E-state index < -0.39 is 6.10 Å². The highest BCUT2D eigenvalue weighted by atomic mass is 19.1. The van der Waals surface area contributed by atoms with Gasteiger partial charge >= 0.3 is 0 Å². The Morgan fingerprint density at radius 3 is 2.58 bits per heavy atom. The Balaban J connectivity index is 1.80. The fourth-order valence-electron chi connectivity index (χ4n) is 2.26. The SMILES string of the molecule is COCCN(CCC(O)c1ccc(F)cc1)C1CC1. The number of methoxy groups -OCH3 is 1. The first-order valence-electron chi connectivity index (χ1n) is 6.87. The van der Waals surface area contributed by atoms with E-state index in [9.17, 15) is 9.50 Å². The van der Waals surface area contributed by atoms with Crippen LogP contribution in [0.2, 0.25) is 0 Å². The highest BCUT2D eigenvalue weighted by Crippen LogP contribution is 2.28. The smallest absolute Gasteiger partial charge is 0.123 e. The molecule has 1 aliphatic rings. The molecule has 1 atom stereocenters. The zero-order valence-corrected chi connectivity index (χ0v) is 11.4. The summed E-state index contributed by atoms with van der Waals surface area (Å²) in [5.74, 6) is -0.268. The first-order valence-corrected chi connectivity index (χ1v) is 6.87. The molecule has 1 aromatic rings. The van der Waals surface area contributed by atoms with Crippen molar-refractivity contribution in [3.63, 3.8) is 0 Å². The van der Waals surface area contributed by atoms with E-state index in [1.165, 1.54) is 25.0 Å². The lowest BCUT2D eigenvalue weighted by molar-refractivity contribution is 0.113. The number of rotatable bonds is 8. The Labute approximate surface area is 114 Å². The first kappa shape index (κ1) is 14.4. The van der Waals surface area contributed by atoms with Crippen LogP contribution >= 0.6 is 0 Å². The largest absolute Gasteiger partial charge is 0.388 e. The van der Waals surface area contributed by atoms with Crippen LogP contribution in [0, 0.1) is 5.82 Å². The maximum atomic E-state index is 12.8. The quantitative estimate of drug-likeness (QED) is 0.785. The maximum absolute atomic E-state index is 12.8. The summed E-state index contributed by atoms with van der Waals surface area (Å²) >= 11 is 0. The van der Waals surface area contributed by atoms with E-state index >= 15 is 0 Å². The summed E-state index contributed by atoms with van der Waals surface area (Å²) in [5, 5.41) is 10.1. The molecule has 0 amide bonds. The van der Waals surface area contributed by atoms with Crippen LogP contribution in [0.25, 0.3) is 0 Å². The molecule has 106 valence electrons. The van der Waals surface area contributed by atoms with Crippen LogP contribution in [0.4, 0.5) is 4.39 Å². The van der Waals surface area contributed by atoms with Crippen molar-refractivity contribution in [1.29, 1.82) is 0 Å². The van der Waals surface area contributed by atoms with Gasteiger partial charge < -0.3 is 9.84 Å². The third-order valence-electron chi connectivity index (χ3n) is 3.59. The molecule has 3 nitrogen and oxygen atoms in total. The second kappa shape index (κ2) is 6.98. The van der Waals surface area contributed by atoms with E-state index in [1.807, 2.05) is 0 Å². The molecular formula is C15H22FNO2. The highest BCUT2D eigenvalue weighted by molar-refractivity contribution is 5.18. The molecule has 0 saturated heterocycles. The second-order valence-corrected chi connectivity index (χ2v) is 5.12. The summed E-state index contributed by atoms with van der Waals surface area (Å²) in [5.41, 5.74) is 0.781. The molecule has 19 heavy (non-hydrogen) atoms. The van der Waals surface area contributed by atoms with Crippen LogP contribution in [0.5, 0.6) is 0 Å². The van der Waals surface area contributed by atoms with Crippen molar-refractivity contribution in [2.75, 3.05) is 26.8 Å². The number of benzene rings is 1. The number of aliphatic hydroxyl groups is 1. The minimum atomic E-state index is -0.524. The number of hydrogen-bond acceptors (Lipinski definition) is 3. The average Bonchev–Trinajstić information content (AvgIpc) is 3.24. The predicted molar refractivity (Wildman–Crippen MR) is 72.4 cm³/mol. The second-order valence-electron chi connectivity index (χ2n) is 5.12. The Morgan fingerprint density at radius 1 is 1.32 bits per heavy atom. The maximum Gasteiger partial charge on any atom is 0.123 e. The Hall–Kier alpha value is -0.970. The fraction of sp³-hybridized carbons (Fsp3) is 0.600. The van der Waals surface area contributed by atoms with Gasteiger partial charge in [-0.25, -0.2) is 4.39 Å². The van der Waals surface area contributed by atoms with E-state index in [4.69, 9.17) is 4.74 Å². The fourth-order valence-corrected chi connectivity index (χ4v) is 2.26. The zero-order chi connectivity index (χ0) is 13.7. The van der Waals surface area contributed by atoms with Crippen molar-refractivity contribution in [3.05, 3.63) is 35.6 Å². The average molecular weight is 267 g/mol. The molecule has 1 saturated carbocycles. The Kier molecular flexibility index (Phi) is 5.31. The topological polar surface area (TPSA) is 32.7 Å². The number of hydrogen-bond donors (Lipinski definition) is 1. The lowest BCUT2D eigenvalue weighted by Crippen LogP contribution is -2.31. The van der Waals surface area contributed by atoms with Gasteiger partial charge in [0.05, 0.1) is 12.7 Å². The normalized spacial score (nSPS) is 16.8. The third-order valence-corrected chi connectivity index (χ3v) is 3.59. The molecule has 1 unspecified atom stereocenters. The van der Waals surface area contributed by atoms with Crippen LogP contribution in [0.3, 0.4) is 0 Å². The van der Waals surface area contributed by atoms with Crippen molar-refractivity contribution >= 4 is 0 Å². The molecular weight excluding hydrogens is 245 g/mol. The summed E-state index contributed by atoms with van der Waals surface area (Å²) in [4.78, 5) is 2.37. The Bertz CT molecular complexity index is 378. The summed E-state index contributed by atoms with van der Waals surface area (Å²) < 4.78 is 17.9. The molecule has 0 bridgehead atoms. The summed E-state index contributed by atoms with van der Waals surface area (Å²) in [6.07, 6.45) is 2.64. The van der Waals surface area contributed by atoms with E-state index in [0.29, 0.717) is 12.5 Å². The summed E-state index contributed by atoms with van der Waals surface area (Å²) in [6, 6.07) is 6.74. The van der Waals surface area contributed by atoms with Gasteiger partial charge in [-0.3, -0.25) is 4.90 Å². The van der Waals surface area contributed by atoms with Crippen LogP contribution < -0.4 is 0 Å². The molecule has 1 aromatic carbocycles. The lowest BCUT2D eigenvalue weighted by Gasteiger charge is -2.23. The van der Waals surface area contributed by atoms with Gasteiger partial charge in [-0.05, 0) is 37.0 Å². The molecule has 0 radical (unpaired) electrons. The van der Waals surface area contributed by atoms with Crippen molar-refractivity contribution < 1.29 is 14.2 Å². The van der Waals surface area contributed by atoms with E-state index in [-0.39, 0.29) is 5.82 Å². The lowest BCUT2D eigenvalue weighted by atomic mass is 10.1. The molecule has 2 rings (SSSR count). The van der Waals surface area contributed by atoms with Gasteiger partial charge in [0.2, 0.25) is 0 Å². The third kappa shape index (κ3) is 4.56. The summed E-state index contributed by atoms with van der Waals surface area (Å²) in [7, 11) is 1.71. The minimum Gasteiger partial charge on any atom is -0.388 e. The van der Waals surface area contributed by atoms with Gasteiger partial charge in [-0.2, -0.15) is 0 Å².